The monoisotopic (exact) mass is 482 g/mol. The van der Waals surface area contributed by atoms with Crippen LogP contribution in [0.25, 0.3) is 0 Å². The first-order valence-electron chi connectivity index (χ1n) is 13.2. The van der Waals surface area contributed by atoms with Gasteiger partial charge in [-0.05, 0) is 64.5 Å². The number of rotatable bonds is 5. The topological polar surface area (TPSA) is 77.7 Å². The second kappa shape index (κ2) is 9.08. The molecular formula is C26H35FN6O2. The predicted octanol–water partition coefficient (Wildman–Crippen LogP) is 4.56. The zero-order valence-corrected chi connectivity index (χ0v) is 20.6. The summed E-state index contributed by atoms with van der Waals surface area (Å²) in [5, 5.41) is 7.15. The Labute approximate surface area is 205 Å². The molecule has 188 valence electrons. The Kier molecular flexibility index (Phi) is 5.90. The maximum Gasteiger partial charge on any atom is 0.322 e. The lowest BCUT2D eigenvalue weighted by atomic mass is 9.91. The van der Waals surface area contributed by atoms with E-state index in [9.17, 15) is 4.79 Å². The average Bonchev–Trinajstić information content (AvgIpc) is 3.52. The smallest absolute Gasteiger partial charge is 0.322 e. The normalized spacial score (nSPS) is 27.0. The highest BCUT2D eigenvalue weighted by atomic mass is 19.1. The number of carbonyl (C=O) groups is 1. The van der Waals surface area contributed by atoms with Crippen molar-refractivity contribution in [2.45, 2.75) is 82.3 Å². The van der Waals surface area contributed by atoms with E-state index in [2.05, 4.69) is 39.1 Å². The van der Waals surface area contributed by atoms with Crippen molar-refractivity contribution < 1.29 is 13.7 Å². The molecule has 6 rings (SSSR count). The fourth-order valence-electron chi connectivity index (χ4n) is 6.18. The summed E-state index contributed by atoms with van der Waals surface area (Å²) in [6.45, 7) is 7.88. The zero-order valence-electron chi connectivity index (χ0n) is 20.6. The number of piperazine rings is 1. The number of nitrogens with zero attached hydrogens (tertiary/aromatic N) is 5. The number of halogens is 1. The van der Waals surface area contributed by atoms with Gasteiger partial charge in [0.2, 0.25) is 5.89 Å². The summed E-state index contributed by atoms with van der Waals surface area (Å²) < 4.78 is 20.6. The zero-order chi connectivity index (χ0) is 24.1. The lowest BCUT2D eigenvalue weighted by molar-refractivity contribution is 0.140. The fraction of sp³-hybridized carbons (Fsp3) is 0.654. The number of piperidine rings is 1. The van der Waals surface area contributed by atoms with Crippen molar-refractivity contribution in [2.75, 3.05) is 36.4 Å². The first-order chi connectivity index (χ1) is 17.0. The van der Waals surface area contributed by atoms with Crippen LogP contribution in [0.5, 0.6) is 0 Å². The van der Waals surface area contributed by atoms with Crippen LogP contribution in [0.1, 0.15) is 75.9 Å². The summed E-state index contributed by atoms with van der Waals surface area (Å²) in [5.74, 6) is 1.84. The van der Waals surface area contributed by atoms with Gasteiger partial charge >= 0.3 is 6.03 Å². The van der Waals surface area contributed by atoms with E-state index in [-0.39, 0.29) is 29.8 Å². The van der Waals surface area contributed by atoms with E-state index in [0.29, 0.717) is 17.6 Å². The number of anilines is 2. The standard InChI is InChI=1S/C26H35FN6O2/c1-16(2)31-10-12-32(13-11-31)22-5-3-4-21(27)23(22)28-26(34)33-19-8-9-20(33)15-18(14-19)25-29-24(30-35-25)17-6-7-17/h3-5,16-20H,6-15H2,1-2H3,(H,28,34). The Hall–Kier alpha value is -2.68. The highest BCUT2D eigenvalue weighted by molar-refractivity contribution is 5.94. The number of para-hydroxylation sites is 1. The molecule has 8 nitrogen and oxygen atoms in total. The molecule has 35 heavy (non-hydrogen) atoms. The number of hydrogen-bond donors (Lipinski definition) is 1. The van der Waals surface area contributed by atoms with E-state index in [0.717, 1.165) is 82.1 Å². The van der Waals surface area contributed by atoms with Crippen LogP contribution in [-0.2, 0) is 0 Å². The molecule has 4 fully saturated rings. The Morgan fingerprint density at radius 2 is 1.77 bits per heavy atom. The highest BCUT2D eigenvalue weighted by Gasteiger charge is 2.45. The third-order valence-electron chi connectivity index (χ3n) is 8.33. The minimum absolute atomic E-state index is 0.111. The second-order valence-corrected chi connectivity index (χ2v) is 10.9. The molecule has 1 aromatic heterocycles. The highest BCUT2D eigenvalue weighted by Crippen LogP contribution is 2.44. The van der Waals surface area contributed by atoms with Crippen molar-refractivity contribution in [2.24, 2.45) is 0 Å². The molecule has 2 amide bonds. The van der Waals surface area contributed by atoms with Gasteiger partial charge < -0.3 is 19.6 Å². The molecule has 4 aliphatic rings. The number of amides is 2. The van der Waals surface area contributed by atoms with Crippen molar-refractivity contribution in [3.05, 3.63) is 35.7 Å². The first-order valence-corrected chi connectivity index (χ1v) is 13.2. The van der Waals surface area contributed by atoms with Crippen LogP contribution in [0.3, 0.4) is 0 Å². The average molecular weight is 483 g/mol. The lowest BCUT2D eigenvalue weighted by Gasteiger charge is -2.40. The Balaban J connectivity index is 1.15. The fourth-order valence-corrected chi connectivity index (χ4v) is 6.18. The van der Waals surface area contributed by atoms with Crippen LogP contribution in [0.15, 0.2) is 22.7 Å². The van der Waals surface area contributed by atoms with Crippen LogP contribution in [0.2, 0.25) is 0 Å². The summed E-state index contributed by atoms with van der Waals surface area (Å²) in [4.78, 5) is 24.7. The van der Waals surface area contributed by atoms with E-state index in [4.69, 9.17) is 4.52 Å². The van der Waals surface area contributed by atoms with Gasteiger partial charge in [0.05, 0.1) is 5.69 Å². The summed E-state index contributed by atoms with van der Waals surface area (Å²) in [5.41, 5.74) is 1.06. The van der Waals surface area contributed by atoms with E-state index in [1.54, 1.807) is 6.07 Å². The van der Waals surface area contributed by atoms with E-state index < -0.39 is 0 Å². The molecule has 3 aliphatic heterocycles. The van der Waals surface area contributed by atoms with Gasteiger partial charge in [0.25, 0.3) is 0 Å². The maximum atomic E-state index is 15.0. The molecular weight excluding hydrogens is 447 g/mol. The minimum Gasteiger partial charge on any atom is -0.367 e. The number of nitrogens with one attached hydrogen (secondary N) is 1. The molecule has 1 saturated carbocycles. The first kappa shape index (κ1) is 22.8. The van der Waals surface area contributed by atoms with Gasteiger partial charge in [-0.1, -0.05) is 11.2 Å². The van der Waals surface area contributed by atoms with Crippen LogP contribution in [0.4, 0.5) is 20.6 Å². The molecule has 9 heteroatoms. The number of aromatic nitrogens is 2. The summed E-state index contributed by atoms with van der Waals surface area (Å²) in [7, 11) is 0. The van der Waals surface area contributed by atoms with E-state index in [1.165, 1.54) is 6.07 Å². The molecule has 4 heterocycles. The molecule has 2 bridgehead atoms. The Morgan fingerprint density at radius 1 is 1.06 bits per heavy atom. The van der Waals surface area contributed by atoms with Crippen molar-refractivity contribution in [1.29, 1.82) is 0 Å². The second-order valence-electron chi connectivity index (χ2n) is 10.9. The lowest BCUT2D eigenvalue weighted by Crippen LogP contribution is -2.50. The SMILES string of the molecule is CC(C)N1CCN(c2cccc(F)c2NC(=O)N2C3CCC2CC(c2nc(C4CC4)no2)C3)CC1. The van der Waals surface area contributed by atoms with E-state index in [1.807, 2.05) is 11.0 Å². The number of benzene rings is 1. The summed E-state index contributed by atoms with van der Waals surface area (Å²) in [6, 6.07) is 5.58. The predicted molar refractivity (Wildman–Crippen MR) is 131 cm³/mol. The molecule has 1 aromatic carbocycles. The molecule has 1 N–H and O–H groups in total. The Morgan fingerprint density at radius 3 is 2.43 bits per heavy atom. The third-order valence-corrected chi connectivity index (χ3v) is 8.33. The summed E-state index contributed by atoms with van der Waals surface area (Å²) in [6.07, 6.45) is 5.84. The van der Waals surface area contributed by atoms with Gasteiger partial charge in [-0.15, -0.1) is 0 Å². The largest absolute Gasteiger partial charge is 0.367 e. The van der Waals surface area contributed by atoms with Gasteiger partial charge in [-0.3, -0.25) is 4.90 Å². The van der Waals surface area contributed by atoms with Gasteiger partial charge in [-0.2, -0.15) is 4.98 Å². The van der Waals surface area contributed by atoms with Gasteiger partial charge in [0.1, 0.15) is 11.5 Å². The van der Waals surface area contributed by atoms with Gasteiger partial charge in [0.15, 0.2) is 5.82 Å². The molecule has 2 aromatic rings. The van der Waals surface area contributed by atoms with Gasteiger partial charge in [-0.25, -0.2) is 9.18 Å². The number of hydrogen-bond acceptors (Lipinski definition) is 6. The maximum absolute atomic E-state index is 15.0. The molecule has 0 spiro atoms. The van der Waals surface area contributed by atoms with Crippen LogP contribution in [-0.4, -0.2) is 70.3 Å². The van der Waals surface area contributed by atoms with Crippen molar-refractivity contribution in [3.8, 4) is 0 Å². The summed E-state index contributed by atoms with van der Waals surface area (Å²) >= 11 is 0. The quantitative estimate of drug-likeness (QED) is 0.673. The number of fused-ring (bicyclic) bond motifs is 2. The van der Waals surface area contributed by atoms with Crippen molar-refractivity contribution in [3.63, 3.8) is 0 Å². The molecule has 2 atom stereocenters. The molecule has 0 radical (unpaired) electrons. The van der Waals surface area contributed by atoms with Crippen LogP contribution >= 0.6 is 0 Å². The van der Waals surface area contributed by atoms with E-state index >= 15 is 4.39 Å². The number of urea groups is 1. The van der Waals surface area contributed by atoms with Crippen molar-refractivity contribution in [1.82, 2.24) is 19.9 Å². The molecule has 2 unspecified atom stereocenters. The number of carbonyl (C=O) groups excluding carboxylic acids is 1. The van der Waals surface area contributed by atoms with Gasteiger partial charge in [0, 0.05) is 56.1 Å². The third kappa shape index (κ3) is 4.39. The molecule has 1 aliphatic carbocycles. The molecule has 3 saturated heterocycles. The minimum atomic E-state index is -0.386. The van der Waals surface area contributed by atoms with Crippen LogP contribution < -0.4 is 10.2 Å². The van der Waals surface area contributed by atoms with Crippen LogP contribution in [0, 0.1) is 5.82 Å². The Bertz CT molecular complexity index is 1060. The van der Waals surface area contributed by atoms with Crippen molar-refractivity contribution >= 4 is 17.4 Å².